The van der Waals surface area contributed by atoms with Gasteiger partial charge in [0.25, 0.3) is 0 Å². The Morgan fingerprint density at radius 1 is 1.00 bits per heavy atom. The average molecular weight is 220 g/mol. The molecule has 0 aromatic heterocycles. The normalized spacial score (nSPS) is 11.6. The van der Waals surface area contributed by atoms with E-state index < -0.39 is 0 Å². The second-order valence-corrected chi connectivity index (χ2v) is 4.31. The summed E-state index contributed by atoms with van der Waals surface area (Å²) in [6, 6.07) is 8.97. The fourth-order valence-electron chi connectivity index (χ4n) is 1.76. The molecule has 1 atom stereocenters. The SMILES string of the molecule is CC.CCCCCC(C)c1ccc(C)cc1. The molecule has 16 heavy (non-hydrogen) atoms. The summed E-state index contributed by atoms with van der Waals surface area (Å²) in [5.41, 5.74) is 2.85. The first-order valence-electron chi connectivity index (χ1n) is 6.80. The summed E-state index contributed by atoms with van der Waals surface area (Å²) < 4.78 is 0. The minimum absolute atomic E-state index is 0.724. The van der Waals surface area contributed by atoms with Gasteiger partial charge in [-0.2, -0.15) is 0 Å². The molecule has 0 aliphatic rings. The Morgan fingerprint density at radius 2 is 1.56 bits per heavy atom. The molecule has 0 fully saturated rings. The van der Waals surface area contributed by atoms with E-state index in [2.05, 4.69) is 45.0 Å². The van der Waals surface area contributed by atoms with Crippen LogP contribution >= 0.6 is 0 Å². The van der Waals surface area contributed by atoms with Gasteiger partial charge in [-0.3, -0.25) is 0 Å². The zero-order valence-corrected chi connectivity index (χ0v) is 11.7. The van der Waals surface area contributed by atoms with Gasteiger partial charge in [-0.05, 0) is 24.8 Å². The van der Waals surface area contributed by atoms with Crippen molar-refractivity contribution in [1.29, 1.82) is 0 Å². The largest absolute Gasteiger partial charge is 0.0683 e. The third-order valence-electron chi connectivity index (χ3n) is 2.89. The lowest BCUT2D eigenvalue weighted by atomic mass is 9.94. The van der Waals surface area contributed by atoms with Crippen molar-refractivity contribution in [2.24, 2.45) is 0 Å². The van der Waals surface area contributed by atoms with Crippen LogP contribution in [0.25, 0.3) is 0 Å². The van der Waals surface area contributed by atoms with Crippen molar-refractivity contribution in [1.82, 2.24) is 0 Å². The number of unbranched alkanes of at least 4 members (excludes halogenated alkanes) is 2. The highest BCUT2D eigenvalue weighted by Gasteiger charge is 2.03. The molecule has 0 heteroatoms. The van der Waals surface area contributed by atoms with Crippen molar-refractivity contribution >= 4 is 0 Å². The Balaban J connectivity index is 0.00000106. The summed E-state index contributed by atoms with van der Waals surface area (Å²) in [5.74, 6) is 0.724. The minimum atomic E-state index is 0.724. The van der Waals surface area contributed by atoms with Gasteiger partial charge in [-0.1, -0.05) is 76.8 Å². The highest BCUT2D eigenvalue weighted by atomic mass is 14.1. The molecule has 0 saturated carbocycles. The first-order chi connectivity index (χ1) is 7.74. The summed E-state index contributed by atoms with van der Waals surface area (Å²) in [6.07, 6.45) is 5.39. The maximum Gasteiger partial charge on any atom is -0.0190 e. The van der Waals surface area contributed by atoms with Crippen LogP contribution in [0, 0.1) is 6.92 Å². The Hall–Kier alpha value is -0.780. The molecule has 0 aliphatic carbocycles. The second-order valence-electron chi connectivity index (χ2n) is 4.31. The molecule has 0 saturated heterocycles. The fraction of sp³-hybridized carbons (Fsp3) is 0.625. The number of hydrogen-bond donors (Lipinski definition) is 0. The van der Waals surface area contributed by atoms with E-state index in [1.807, 2.05) is 13.8 Å². The van der Waals surface area contributed by atoms with Crippen LogP contribution in [0.15, 0.2) is 24.3 Å². The Bertz CT molecular complexity index is 245. The zero-order chi connectivity index (χ0) is 12.4. The molecule has 0 spiro atoms. The van der Waals surface area contributed by atoms with Crippen LogP contribution in [0.1, 0.15) is 70.4 Å². The molecule has 1 unspecified atom stereocenters. The number of benzene rings is 1. The molecule has 0 nitrogen and oxygen atoms in total. The summed E-state index contributed by atoms with van der Waals surface area (Å²) >= 11 is 0. The maximum atomic E-state index is 2.33. The predicted molar refractivity (Wildman–Crippen MR) is 75.1 cm³/mol. The Morgan fingerprint density at radius 3 is 2.06 bits per heavy atom. The summed E-state index contributed by atoms with van der Waals surface area (Å²) in [4.78, 5) is 0. The fourth-order valence-corrected chi connectivity index (χ4v) is 1.76. The summed E-state index contributed by atoms with van der Waals surface area (Å²) in [7, 11) is 0. The van der Waals surface area contributed by atoms with Crippen molar-refractivity contribution in [2.45, 2.75) is 66.2 Å². The molecule has 0 bridgehead atoms. The van der Waals surface area contributed by atoms with Gasteiger partial charge in [-0.25, -0.2) is 0 Å². The van der Waals surface area contributed by atoms with Crippen molar-refractivity contribution < 1.29 is 0 Å². The lowest BCUT2D eigenvalue weighted by Crippen LogP contribution is -1.93. The molecule has 0 N–H and O–H groups in total. The molecule has 1 aromatic rings. The summed E-state index contributed by atoms with van der Waals surface area (Å²) in [6.45, 7) is 10.7. The van der Waals surface area contributed by atoms with Gasteiger partial charge >= 0.3 is 0 Å². The smallest absolute Gasteiger partial charge is 0.0190 e. The molecule has 0 aliphatic heterocycles. The molecular formula is C16H28. The highest BCUT2D eigenvalue weighted by Crippen LogP contribution is 2.21. The van der Waals surface area contributed by atoms with Gasteiger partial charge in [0.1, 0.15) is 0 Å². The van der Waals surface area contributed by atoms with Crippen LogP contribution in [-0.2, 0) is 0 Å². The van der Waals surface area contributed by atoms with Crippen LogP contribution in [0.3, 0.4) is 0 Å². The lowest BCUT2D eigenvalue weighted by Gasteiger charge is -2.11. The van der Waals surface area contributed by atoms with Crippen LogP contribution in [0.2, 0.25) is 0 Å². The van der Waals surface area contributed by atoms with Crippen LogP contribution < -0.4 is 0 Å². The van der Waals surface area contributed by atoms with Crippen molar-refractivity contribution in [3.8, 4) is 0 Å². The molecular weight excluding hydrogens is 192 g/mol. The molecule has 1 aromatic carbocycles. The van der Waals surface area contributed by atoms with E-state index in [9.17, 15) is 0 Å². The third-order valence-corrected chi connectivity index (χ3v) is 2.89. The van der Waals surface area contributed by atoms with E-state index in [0.29, 0.717) is 0 Å². The van der Waals surface area contributed by atoms with Crippen LogP contribution in [0.5, 0.6) is 0 Å². The lowest BCUT2D eigenvalue weighted by molar-refractivity contribution is 0.598. The molecule has 0 radical (unpaired) electrons. The molecule has 0 amide bonds. The van der Waals surface area contributed by atoms with E-state index in [1.165, 1.54) is 36.8 Å². The van der Waals surface area contributed by atoms with Crippen molar-refractivity contribution in [3.05, 3.63) is 35.4 Å². The van der Waals surface area contributed by atoms with Gasteiger partial charge < -0.3 is 0 Å². The quantitative estimate of drug-likeness (QED) is 0.558. The van der Waals surface area contributed by atoms with Crippen LogP contribution in [0.4, 0.5) is 0 Å². The van der Waals surface area contributed by atoms with Crippen LogP contribution in [-0.4, -0.2) is 0 Å². The standard InChI is InChI=1S/C14H22.C2H6/c1-4-5-6-7-13(3)14-10-8-12(2)9-11-14;1-2/h8-11,13H,4-7H2,1-3H3;1-2H3. The van der Waals surface area contributed by atoms with Gasteiger partial charge in [0.05, 0.1) is 0 Å². The Kier molecular flexibility index (Phi) is 8.99. The zero-order valence-electron chi connectivity index (χ0n) is 11.7. The van der Waals surface area contributed by atoms with E-state index in [4.69, 9.17) is 0 Å². The van der Waals surface area contributed by atoms with E-state index in [0.717, 1.165) is 5.92 Å². The van der Waals surface area contributed by atoms with Gasteiger partial charge in [0.15, 0.2) is 0 Å². The monoisotopic (exact) mass is 220 g/mol. The highest BCUT2D eigenvalue weighted by molar-refractivity contribution is 5.23. The Labute approximate surface area is 102 Å². The molecule has 0 heterocycles. The van der Waals surface area contributed by atoms with E-state index >= 15 is 0 Å². The van der Waals surface area contributed by atoms with Gasteiger partial charge in [0, 0.05) is 0 Å². The van der Waals surface area contributed by atoms with Crippen molar-refractivity contribution in [2.75, 3.05) is 0 Å². The van der Waals surface area contributed by atoms with Crippen molar-refractivity contribution in [3.63, 3.8) is 0 Å². The molecule has 92 valence electrons. The number of rotatable bonds is 5. The average Bonchev–Trinajstić information content (AvgIpc) is 2.33. The third kappa shape index (κ3) is 5.95. The van der Waals surface area contributed by atoms with Gasteiger partial charge in [0.2, 0.25) is 0 Å². The van der Waals surface area contributed by atoms with E-state index in [-0.39, 0.29) is 0 Å². The first-order valence-corrected chi connectivity index (χ1v) is 6.80. The topological polar surface area (TPSA) is 0 Å². The molecule has 1 rings (SSSR count). The van der Waals surface area contributed by atoms with Gasteiger partial charge in [-0.15, -0.1) is 0 Å². The number of hydrogen-bond acceptors (Lipinski definition) is 0. The maximum absolute atomic E-state index is 2.33. The number of aryl methyl sites for hydroxylation is 1. The second kappa shape index (κ2) is 9.45. The van der Waals surface area contributed by atoms with E-state index in [1.54, 1.807) is 0 Å². The predicted octanol–water partition coefficient (Wildman–Crippen LogP) is 5.71. The first kappa shape index (κ1) is 15.2. The summed E-state index contributed by atoms with van der Waals surface area (Å²) in [5, 5.41) is 0. The minimum Gasteiger partial charge on any atom is -0.0683 e.